The molecule has 0 unspecified atom stereocenters. The van der Waals surface area contributed by atoms with Crippen molar-refractivity contribution in [2.24, 2.45) is 11.3 Å². The van der Waals surface area contributed by atoms with Crippen molar-refractivity contribution in [2.45, 2.75) is 54.1 Å². The van der Waals surface area contributed by atoms with Gasteiger partial charge in [0.15, 0.2) is 0 Å². The Hall–Kier alpha value is -0.980. The van der Waals surface area contributed by atoms with E-state index >= 15 is 0 Å². The van der Waals surface area contributed by atoms with Crippen molar-refractivity contribution in [3.8, 4) is 5.75 Å². The first-order chi connectivity index (χ1) is 7.81. The monoisotopic (exact) mass is 234 g/mol. The van der Waals surface area contributed by atoms with Crippen molar-refractivity contribution in [3.05, 3.63) is 29.8 Å². The van der Waals surface area contributed by atoms with Gasteiger partial charge in [-0.3, -0.25) is 0 Å². The first-order valence-electron chi connectivity index (χ1n) is 6.57. The van der Waals surface area contributed by atoms with Crippen LogP contribution in [0.4, 0.5) is 0 Å². The summed E-state index contributed by atoms with van der Waals surface area (Å²) in [5.74, 6) is 1.65. The van der Waals surface area contributed by atoms with E-state index in [1.165, 1.54) is 5.56 Å². The predicted octanol–water partition coefficient (Wildman–Crippen LogP) is 4.70. The minimum atomic E-state index is 0.243. The highest BCUT2D eigenvalue weighted by Gasteiger charge is 2.22. The standard InChI is InChI=1S/C16H26O/c1-12(2)16(5,6)11-14-7-9-15(10-8-14)17-13(3)4/h7-10,12-13H,11H2,1-6H3. The van der Waals surface area contributed by atoms with Gasteiger partial charge < -0.3 is 4.74 Å². The van der Waals surface area contributed by atoms with Gasteiger partial charge in [0.1, 0.15) is 5.75 Å². The molecular weight excluding hydrogens is 208 g/mol. The molecule has 0 fully saturated rings. The summed E-state index contributed by atoms with van der Waals surface area (Å²) in [4.78, 5) is 0. The zero-order valence-electron chi connectivity index (χ0n) is 12.1. The summed E-state index contributed by atoms with van der Waals surface area (Å²) in [6, 6.07) is 8.52. The molecule has 1 aromatic rings. The van der Waals surface area contributed by atoms with Gasteiger partial charge in [0.25, 0.3) is 0 Å². The smallest absolute Gasteiger partial charge is 0.119 e. The Morgan fingerprint density at radius 1 is 1.00 bits per heavy atom. The lowest BCUT2D eigenvalue weighted by Gasteiger charge is -2.29. The summed E-state index contributed by atoms with van der Waals surface area (Å²) in [5.41, 5.74) is 1.74. The summed E-state index contributed by atoms with van der Waals surface area (Å²) in [5, 5.41) is 0. The Bertz CT molecular complexity index is 333. The van der Waals surface area contributed by atoms with E-state index in [9.17, 15) is 0 Å². The third-order valence-electron chi connectivity index (χ3n) is 3.52. The topological polar surface area (TPSA) is 9.23 Å². The fourth-order valence-electron chi connectivity index (χ4n) is 1.69. The molecule has 1 aromatic carbocycles. The highest BCUT2D eigenvalue weighted by molar-refractivity contribution is 5.28. The fourth-order valence-corrected chi connectivity index (χ4v) is 1.69. The van der Waals surface area contributed by atoms with Crippen molar-refractivity contribution < 1.29 is 4.74 Å². The molecule has 0 spiro atoms. The third-order valence-corrected chi connectivity index (χ3v) is 3.52. The third kappa shape index (κ3) is 4.41. The normalized spacial score (nSPS) is 12.2. The summed E-state index contributed by atoms with van der Waals surface area (Å²) >= 11 is 0. The molecule has 0 radical (unpaired) electrons. The van der Waals surface area contributed by atoms with E-state index < -0.39 is 0 Å². The van der Waals surface area contributed by atoms with Crippen molar-refractivity contribution >= 4 is 0 Å². The maximum Gasteiger partial charge on any atom is 0.119 e. The van der Waals surface area contributed by atoms with Gasteiger partial charge in [0.2, 0.25) is 0 Å². The van der Waals surface area contributed by atoms with Crippen molar-refractivity contribution in [1.29, 1.82) is 0 Å². The van der Waals surface area contributed by atoms with Gasteiger partial charge in [-0.25, -0.2) is 0 Å². The van der Waals surface area contributed by atoms with E-state index in [1.54, 1.807) is 0 Å². The van der Waals surface area contributed by atoms with E-state index in [4.69, 9.17) is 4.74 Å². The van der Waals surface area contributed by atoms with E-state index in [0.717, 1.165) is 12.2 Å². The van der Waals surface area contributed by atoms with Gasteiger partial charge in [0, 0.05) is 0 Å². The van der Waals surface area contributed by atoms with Crippen LogP contribution in [0.25, 0.3) is 0 Å². The zero-order chi connectivity index (χ0) is 13.1. The molecule has 1 nitrogen and oxygen atoms in total. The maximum absolute atomic E-state index is 5.65. The van der Waals surface area contributed by atoms with Gasteiger partial charge in [-0.1, -0.05) is 39.8 Å². The van der Waals surface area contributed by atoms with E-state index in [1.807, 2.05) is 0 Å². The molecule has 0 aromatic heterocycles. The molecule has 0 bridgehead atoms. The van der Waals surface area contributed by atoms with Crippen LogP contribution >= 0.6 is 0 Å². The molecule has 0 heterocycles. The van der Waals surface area contributed by atoms with Crippen molar-refractivity contribution in [1.82, 2.24) is 0 Å². The van der Waals surface area contributed by atoms with E-state index in [-0.39, 0.29) is 6.10 Å². The van der Waals surface area contributed by atoms with Gasteiger partial charge in [-0.15, -0.1) is 0 Å². The Morgan fingerprint density at radius 2 is 1.53 bits per heavy atom. The first-order valence-corrected chi connectivity index (χ1v) is 6.57. The van der Waals surface area contributed by atoms with Gasteiger partial charge in [0.05, 0.1) is 6.10 Å². The number of benzene rings is 1. The van der Waals surface area contributed by atoms with Gasteiger partial charge in [-0.05, 0) is 49.3 Å². The lowest BCUT2D eigenvalue weighted by molar-refractivity contribution is 0.240. The van der Waals surface area contributed by atoms with Crippen LogP contribution in [-0.2, 0) is 6.42 Å². The maximum atomic E-state index is 5.65. The SMILES string of the molecule is CC(C)Oc1ccc(CC(C)(C)C(C)C)cc1. The van der Waals surface area contributed by atoms with Crippen LogP contribution in [0.5, 0.6) is 5.75 Å². The Balaban J connectivity index is 2.68. The Kier molecular flexibility index (Phi) is 4.62. The number of ether oxygens (including phenoxy) is 1. The summed E-state index contributed by atoms with van der Waals surface area (Å²) < 4.78 is 5.65. The minimum Gasteiger partial charge on any atom is -0.491 e. The second-order valence-electron chi connectivity index (χ2n) is 6.13. The predicted molar refractivity (Wildman–Crippen MR) is 74.5 cm³/mol. The summed E-state index contributed by atoms with van der Waals surface area (Å²) in [6.07, 6.45) is 1.36. The Morgan fingerprint density at radius 3 is 1.94 bits per heavy atom. The van der Waals surface area contributed by atoms with Crippen LogP contribution < -0.4 is 4.74 Å². The largest absolute Gasteiger partial charge is 0.491 e. The molecule has 0 aliphatic heterocycles. The van der Waals surface area contributed by atoms with E-state index in [0.29, 0.717) is 11.3 Å². The lowest BCUT2D eigenvalue weighted by Crippen LogP contribution is -2.22. The van der Waals surface area contributed by atoms with Crippen LogP contribution in [0.1, 0.15) is 47.1 Å². The summed E-state index contributed by atoms with van der Waals surface area (Å²) in [7, 11) is 0. The van der Waals surface area contributed by atoms with Crippen LogP contribution in [0.15, 0.2) is 24.3 Å². The molecule has 1 rings (SSSR count). The fraction of sp³-hybridized carbons (Fsp3) is 0.625. The molecule has 0 aliphatic rings. The molecule has 0 amide bonds. The van der Waals surface area contributed by atoms with Crippen LogP contribution in [0.3, 0.4) is 0 Å². The minimum absolute atomic E-state index is 0.243. The number of hydrogen-bond donors (Lipinski definition) is 0. The van der Waals surface area contributed by atoms with Crippen LogP contribution in [0, 0.1) is 11.3 Å². The highest BCUT2D eigenvalue weighted by atomic mass is 16.5. The van der Waals surface area contributed by atoms with Gasteiger partial charge in [-0.2, -0.15) is 0 Å². The van der Waals surface area contributed by atoms with E-state index in [2.05, 4.69) is 65.8 Å². The molecule has 0 aliphatic carbocycles. The second kappa shape index (κ2) is 5.57. The zero-order valence-corrected chi connectivity index (χ0v) is 12.1. The van der Waals surface area contributed by atoms with Crippen molar-refractivity contribution in [3.63, 3.8) is 0 Å². The molecule has 0 saturated carbocycles. The number of rotatable bonds is 5. The molecule has 1 heteroatoms. The molecule has 0 atom stereocenters. The first kappa shape index (κ1) is 14.1. The lowest BCUT2D eigenvalue weighted by atomic mass is 9.76. The average Bonchev–Trinajstić information content (AvgIpc) is 2.19. The molecule has 0 N–H and O–H groups in total. The molecule has 17 heavy (non-hydrogen) atoms. The molecule has 96 valence electrons. The average molecular weight is 234 g/mol. The Labute approximate surface area is 106 Å². The van der Waals surface area contributed by atoms with Crippen LogP contribution in [-0.4, -0.2) is 6.10 Å². The molecule has 0 saturated heterocycles. The molecular formula is C16H26O. The number of hydrogen-bond acceptors (Lipinski definition) is 1. The quantitative estimate of drug-likeness (QED) is 0.717. The summed E-state index contributed by atoms with van der Waals surface area (Å²) in [6.45, 7) is 13.3. The van der Waals surface area contributed by atoms with Crippen LogP contribution in [0.2, 0.25) is 0 Å². The second-order valence-corrected chi connectivity index (χ2v) is 6.13. The van der Waals surface area contributed by atoms with Gasteiger partial charge >= 0.3 is 0 Å². The van der Waals surface area contributed by atoms with Crippen molar-refractivity contribution in [2.75, 3.05) is 0 Å². The highest BCUT2D eigenvalue weighted by Crippen LogP contribution is 2.30.